The summed E-state index contributed by atoms with van der Waals surface area (Å²) >= 11 is 0. The lowest BCUT2D eigenvalue weighted by molar-refractivity contribution is 0.298. The van der Waals surface area contributed by atoms with Gasteiger partial charge in [-0.15, -0.1) is 12.4 Å². The van der Waals surface area contributed by atoms with Gasteiger partial charge in [-0.05, 0) is 57.7 Å². The molecule has 2 aromatic rings. The van der Waals surface area contributed by atoms with Crippen LogP contribution in [0.25, 0.3) is 0 Å². The van der Waals surface area contributed by atoms with E-state index in [9.17, 15) is 4.39 Å². The number of likely N-dealkylation sites (N-methyl/N-ethyl adjacent to an activating group) is 1. The number of rotatable bonds is 7. The van der Waals surface area contributed by atoms with Crippen LogP contribution >= 0.6 is 12.4 Å². The third kappa shape index (κ3) is 9.08. The van der Waals surface area contributed by atoms with Gasteiger partial charge in [-0.2, -0.15) is 0 Å². The maximum atomic E-state index is 13.7. The Bertz CT molecular complexity index is 830. The molecule has 0 saturated heterocycles. The van der Waals surface area contributed by atoms with Gasteiger partial charge in [-0.1, -0.05) is 48.2 Å². The first-order valence-corrected chi connectivity index (χ1v) is 9.15. The van der Waals surface area contributed by atoms with Gasteiger partial charge in [-0.3, -0.25) is 4.90 Å². The first-order chi connectivity index (χ1) is 12.8. The molecule has 0 saturated carbocycles. The summed E-state index contributed by atoms with van der Waals surface area (Å²) < 4.78 is 19.4. The predicted molar refractivity (Wildman–Crippen MR) is 117 cm³/mol. The van der Waals surface area contributed by atoms with Crippen LogP contribution in [0.3, 0.4) is 0 Å². The first-order valence-electron chi connectivity index (χ1n) is 9.15. The summed E-state index contributed by atoms with van der Waals surface area (Å²) in [7, 11) is 2.06. The summed E-state index contributed by atoms with van der Waals surface area (Å²) in [5.74, 6) is 6.77. The van der Waals surface area contributed by atoms with Crippen molar-refractivity contribution in [3.63, 3.8) is 0 Å². The lowest BCUT2D eigenvalue weighted by atomic mass is 9.98. The van der Waals surface area contributed by atoms with Crippen LogP contribution in [0.4, 0.5) is 4.39 Å². The van der Waals surface area contributed by atoms with Gasteiger partial charge in [0, 0.05) is 24.1 Å². The molecule has 0 atom stereocenters. The van der Waals surface area contributed by atoms with Crippen LogP contribution in [0.1, 0.15) is 31.9 Å². The lowest BCUT2D eigenvalue weighted by Gasteiger charge is -2.15. The molecule has 0 bridgehead atoms. The molecule has 0 spiro atoms. The van der Waals surface area contributed by atoms with E-state index in [4.69, 9.17) is 4.74 Å². The van der Waals surface area contributed by atoms with E-state index in [1.54, 1.807) is 12.1 Å². The normalized spacial score (nSPS) is 11.1. The molecule has 2 rings (SSSR count). The zero-order valence-electron chi connectivity index (χ0n) is 17.0. The van der Waals surface area contributed by atoms with E-state index in [0.717, 1.165) is 24.4 Å². The molecule has 0 radical (unpaired) electrons. The average molecular weight is 402 g/mol. The predicted octanol–water partition coefficient (Wildman–Crippen LogP) is 5.86. The van der Waals surface area contributed by atoms with Crippen molar-refractivity contribution >= 4 is 12.4 Å². The Labute approximate surface area is 174 Å². The topological polar surface area (TPSA) is 12.5 Å². The molecule has 0 unspecified atom stereocenters. The van der Waals surface area contributed by atoms with Gasteiger partial charge in [0.1, 0.15) is 18.2 Å². The van der Waals surface area contributed by atoms with Crippen LogP contribution in [-0.4, -0.2) is 18.5 Å². The van der Waals surface area contributed by atoms with Crippen molar-refractivity contribution < 1.29 is 9.13 Å². The number of allylic oxidation sites excluding steroid dienone is 1. The summed E-state index contributed by atoms with van der Waals surface area (Å²) in [5, 5.41) is 0. The summed E-state index contributed by atoms with van der Waals surface area (Å²) in [6.45, 7) is 8.14. The van der Waals surface area contributed by atoms with Gasteiger partial charge in [-0.25, -0.2) is 4.39 Å². The van der Waals surface area contributed by atoms with Crippen LogP contribution in [0.2, 0.25) is 0 Å². The maximum Gasteiger partial charge on any atom is 0.129 e. The third-order valence-corrected chi connectivity index (χ3v) is 3.77. The number of hydrogen-bond acceptors (Lipinski definition) is 2. The van der Waals surface area contributed by atoms with Gasteiger partial charge in [0.2, 0.25) is 0 Å². The standard InChI is InChI=1S/C24H28FNO.ClH/c1-24(2,3)15-8-5-9-16-26(4)18-20-11-10-13-22(17-20)27-19-21-12-6-7-14-23(21)25;/h5-7,9-14,17H,16,18-19H2,1-4H3;1H/b9-5+;. The molecule has 0 amide bonds. The van der Waals surface area contributed by atoms with Crippen molar-refractivity contribution in [2.75, 3.05) is 13.6 Å². The van der Waals surface area contributed by atoms with E-state index in [2.05, 4.69) is 56.7 Å². The van der Waals surface area contributed by atoms with Gasteiger partial charge >= 0.3 is 0 Å². The molecule has 0 heterocycles. The molecule has 28 heavy (non-hydrogen) atoms. The molecular weight excluding hydrogens is 373 g/mol. The summed E-state index contributed by atoms with van der Waals surface area (Å²) in [5.41, 5.74) is 1.73. The second kappa shape index (κ2) is 11.5. The van der Waals surface area contributed by atoms with E-state index in [0.29, 0.717) is 5.56 Å². The van der Waals surface area contributed by atoms with E-state index in [1.807, 2.05) is 30.3 Å². The minimum Gasteiger partial charge on any atom is -0.489 e. The quantitative estimate of drug-likeness (QED) is 0.538. The van der Waals surface area contributed by atoms with Gasteiger partial charge in [0.25, 0.3) is 0 Å². The van der Waals surface area contributed by atoms with E-state index >= 15 is 0 Å². The Hall–Kier alpha value is -2.28. The highest BCUT2D eigenvalue weighted by molar-refractivity contribution is 5.85. The molecule has 0 aliphatic carbocycles. The van der Waals surface area contributed by atoms with Crippen molar-refractivity contribution in [2.45, 2.75) is 33.9 Å². The Morgan fingerprint density at radius 1 is 1.11 bits per heavy atom. The van der Waals surface area contributed by atoms with Crippen molar-refractivity contribution in [2.24, 2.45) is 5.41 Å². The molecule has 150 valence electrons. The fourth-order valence-electron chi connectivity index (χ4n) is 2.44. The highest BCUT2D eigenvalue weighted by Crippen LogP contribution is 2.17. The van der Waals surface area contributed by atoms with Crippen LogP contribution in [0.15, 0.2) is 60.7 Å². The van der Waals surface area contributed by atoms with E-state index in [-0.39, 0.29) is 30.2 Å². The largest absolute Gasteiger partial charge is 0.489 e. The molecule has 4 heteroatoms. The minimum atomic E-state index is -0.241. The Kier molecular flexibility index (Phi) is 9.79. The van der Waals surface area contributed by atoms with Crippen molar-refractivity contribution in [1.82, 2.24) is 4.90 Å². The summed E-state index contributed by atoms with van der Waals surface area (Å²) in [4.78, 5) is 2.20. The Balaban J connectivity index is 0.00000392. The van der Waals surface area contributed by atoms with Gasteiger partial charge in [0.05, 0.1) is 0 Å². The Morgan fingerprint density at radius 2 is 1.86 bits per heavy atom. The summed E-state index contributed by atoms with van der Waals surface area (Å²) in [6, 6.07) is 14.6. The Morgan fingerprint density at radius 3 is 2.57 bits per heavy atom. The van der Waals surface area contributed by atoms with E-state index < -0.39 is 0 Å². The highest BCUT2D eigenvalue weighted by atomic mass is 35.5. The zero-order chi connectivity index (χ0) is 19.7. The number of benzene rings is 2. The van der Waals surface area contributed by atoms with Crippen LogP contribution in [0.5, 0.6) is 5.75 Å². The maximum absolute atomic E-state index is 13.7. The lowest BCUT2D eigenvalue weighted by Crippen LogP contribution is -2.17. The molecule has 0 N–H and O–H groups in total. The first kappa shape index (κ1) is 23.8. The second-order valence-corrected chi connectivity index (χ2v) is 7.65. The van der Waals surface area contributed by atoms with Crippen molar-refractivity contribution in [3.8, 4) is 17.6 Å². The van der Waals surface area contributed by atoms with Crippen LogP contribution in [0, 0.1) is 23.1 Å². The van der Waals surface area contributed by atoms with Crippen LogP contribution in [-0.2, 0) is 13.2 Å². The number of nitrogens with zero attached hydrogens (tertiary/aromatic N) is 1. The molecule has 2 aromatic carbocycles. The van der Waals surface area contributed by atoms with Crippen molar-refractivity contribution in [3.05, 3.63) is 77.6 Å². The molecular formula is C24H29ClFNO. The molecule has 0 aliphatic rings. The van der Waals surface area contributed by atoms with Crippen LogP contribution < -0.4 is 4.74 Å². The molecule has 0 fully saturated rings. The van der Waals surface area contributed by atoms with Gasteiger partial charge in [0.15, 0.2) is 0 Å². The average Bonchev–Trinajstić information content (AvgIpc) is 2.60. The van der Waals surface area contributed by atoms with Crippen molar-refractivity contribution in [1.29, 1.82) is 0 Å². The molecule has 0 aliphatic heterocycles. The smallest absolute Gasteiger partial charge is 0.129 e. The van der Waals surface area contributed by atoms with Gasteiger partial charge < -0.3 is 4.74 Å². The molecule has 2 nitrogen and oxygen atoms in total. The molecule has 0 aromatic heterocycles. The number of ether oxygens (including phenoxy) is 1. The zero-order valence-corrected chi connectivity index (χ0v) is 17.9. The number of halogens is 2. The number of hydrogen-bond donors (Lipinski definition) is 0. The SMILES string of the molecule is CN(C/C=C/C#CC(C)(C)C)Cc1cccc(OCc2ccccc2F)c1.Cl. The fourth-order valence-corrected chi connectivity index (χ4v) is 2.44. The van der Waals surface area contributed by atoms with E-state index in [1.165, 1.54) is 6.07 Å². The summed E-state index contributed by atoms with van der Waals surface area (Å²) in [6.07, 6.45) is 3.98. The second-order valence-electron chi connectivity index (χ2n) is 7.65. The monoisotopic (exact) mass is 401 g/mol. The fraction of sp³-hybridized carbons (Fsp3) is 0.333. The highest BCUT2D eigenvalue weighted by Gasteiger charge is 2.04. The third-order valence-electron chi connectivity index (χ3n) is 3.77. The minimum absolute atomic E-state index is 0.